The van der Waals surface area contributed by atoms with E-state index in [0.717, 1.165) is 29.3 Å². The number of amides is 1. The fourth-order valence-corrected chi connectivity index (χ4v) is 4.73. The van der Waals surface area contributed by atoms with Gasteiger partial charge in [0.25, 0.3) is 0 Å². The molecule has 1 amide bonds. The molecule has 3 heterocycles. The number of nitrogens with one attached hydrogen (secondary N) is 1. The van der Waals surface area contributed by atoms with Gasteiger partial charge in [-0.15, -0.1) is 0 Å². The molecule has 1 fully saturated rings. The third-order valence-electron chi connectivity index (χ3n) is 6.49. The van der Waals surface area contributed by atoms with Gasteiger partial charge in [-0.25, -0.2) is 0 Å². The third kappa shape index (κ3) is 4.28. The van der Waals surface area contributed by atoms with Gasteiger partial charge in [0, 0.05) is 49.3 Å². The Morgan fingerprint density at radius 2 is 2.13 bits per heavy atom. The van der Waals surface area contributed by atoms with Gasteiger partial charge in [0.2, 0.25) is 5.91 Å². The number of H-pyrrole nitrogens is 1. The van der Waals surface area contributed by atoms with Crippen LogP contribution in [0, 0.1) is 0 Å². The van der Waals surface area contributed by atoms with Crippen molar-refractivity contribution in [2.45, 2.75) is 57.2 Å². The molecule has 3 aromatic rings. The van der Waals surface area contributed by atoms with Crippen molar-refractivity contribution < 1.29 is 14.6 Å². The zero-order valence-corrected chi connectivity index (χ0v) is 17.6. The number of nitrogens with zero attached hydrogens (tertiary/aromatic N) is 3. The normalized spacial score (nSPS) is 21.1. The van der Waals surface area contributed by atoms with Crippen LogP contribution in [0.3, 0.4) is 0 Å². The lowest BCUT2D eigenvalue weighted by atomic mass is 9.94. The zero-order chi connectivity index (χ0) is 21.2. The van der Waals surface area contributed by atoms with Gasteiger partial charge in [-0.3, -0.25) is 14.9 Å². The van der Waals surface area contributed by atoms with Gasteiger partial charge in [-0.05, 0) is 54.8 Å². The van der Waals surface area contributed by atoms with Crippen LogP contribution in [0.1, 0.15) is 42.6 Å². The third-order valence-corrected chi connectivity index (χ3v) is 6.49. The molecule has 1 saturated heterocycles. The van der Waals surface area contributed by atoms with Gasteiger partial charge in [0.05, 0.1) is 12.2 Å². The summed E-state index contributed by atoms with van der Waals surface area (Å²) in [7, 11) is 0. The number of pyridine rings is 1. The minimum Gasteiger partial charge on any atom is -0.488 e. The molecule has 0 radical (unpaired) electrons. The summed E-state index contributed by atoms with van der Waals surface area (Å²) < 4.78 is 6.05. The van der Waals surface area contributed by atoms with Crippen molar-refractivity contribution in [3.8, 4) is 5.75 Å². The van der Waals surface area contributed by atoms with E-state index in [2.05, 4.69) is 15.2 Å². The molecule has 7 heteroatoms. The first kappa shape index (κ1) is 20.0. The maximum absolute atomic E-state index is 12.7. The molecule has 0 unspecified atom stereocenters. The molecule has 5 rings (SSSR count). The number of β-amino-alcohol motifs (C(OH)–C–C–N with tert-alkyl or cyclic N) is 1. The van der Waals surface area contributed by atoms with Crippen LogP contribution < -0.4 is 4.74 Å². The maximum Gasteiger partial charge on any atom is 0.223 e. The highest BCUT2D eigenvalue weighted by molar-refractivity contribution is 5.82. The van der Waals surface area contributed by atoms with Gasteiger partial charge in [-0.2, -0.15) is 5.10 Å². The van der Waals surface area contributed by atoms with Crippen LogP contribution in [0.15, 0.2) is 36.7 Å². The summed E-state index contributed by atoms with van der Waals surface area (Å²) in [6.07, 6.45) is 8.74. The number of benzene rings is 1. The van der Waals surface area contributed by atoms with Crippen LogP contribution in [-0.4, -0.2) is 56.4 Å². The number of aliphatic hydroxyl groups is 1. The molecule has 2 aliphatic rings. The van der Waals surface area contributed by atoms with Crippen LogP contribution in [0.25, 0.3) is 10.8 Å². The van der Waals surface area contributed by atoms with E-state index >= 15 is 0 Å². The summed E-state index contributed by atoms with van der Waals surface area (Å²) >= 11 is 0. The Morgan fingerprint density at radius 3 is 3.03 bits per heavy atom. The number of likely N-dealkylation sites (tertiary alicyclic amines) is 1. The molecule has 1 aliphatic carbocycles. The molecule has 7 nitrogen and oxygen atoms in total. The first-order valence-electron chi connectivity index (χ1n) is 11.2. The summed E-state index contributed by atoms with van der Waals surface area (Å²) in [6.45, 7) is 0.895. The van der Waals surface area contributed by atoms with E-state index in [1.165, 1.54) is 24.1 Å². The Labute approximate surface area is 181 Å². The highest BCUT2D eigenvalue weighted by Crippen LogP contribution is 2.25. The highest BCUT2D eigenvalue weighted by atomic mass is 16.5. The maximum atomic E-state index is 12.7. The lowest BCUT2D eigenvalue weighted by molar-refractivity contribution is -0.137. The predicted molar refractivity (Wildman–Crippen MR) is 117 cm³/mol. The standard InChI is InChI=1S/C24H28N4O3/c29-22-15-28(24(30)8-7-21-19-3-1-2-4-20(19)26-27-21)12-10-23(22)31-18-6-5-16-9-11-25-14-17(16)13-18/h5-6,9,11,13-14,22-23,29H,1-4,7-8,10,12,15H2,(H,26,27)/t22-,23-/m1/s1. The van der Waals surface area contributed by atoms with Crippen LogP contribution in [0.4, 0.5) is 0 Å². The molecule has 1 aromatic carbocycles. The quantitative estimate of drug-likeness (QED) is 0.662. The fourth-order valence-electron chi connectivity index (χ4n) is 4.73. The molecule has 2 atom stereocenters. The number of aliphatic hydroxyl groups excluding tert-OH is 1. The lowest BCUT2D eigenvalue weighted by Gasteiger charge is -2.36. The molecular formula is C24H28N4O3. The highest BCUT2D eigenvalue weighted by Gasteiger charge is 2.31. The number of hydrogen-bond acceptors (Lipinski definition) is 5. The average Bonchev–Trinajstić information content (AvgIpc) is 3.22. The van der Waals surface area contributed by atoms with Gasteiger partial charge in [0.15, 0.2) is 0 Å². The molecule has 162 valence electrons. The summed E-state index contributed by atoms with van der Waals surface area (Å²) in [5.41, 5.74) is 3.59. The first-order valence-corrected chi connectivity index (χ1v) is 11.2. The summed E-state index contributed by atoms with van der Waals surface area (Å²) in [5.74, 6) is 0.787. The molecule has 31 heavy (non-hydrogen) atoms. The van der Waals surface area contributed by atoms with E-state index in [9.17, 15) is 9.90 Å². The Kier molecular flexibility index (Phi) is 5.59. The van der Waals surface area contributed by atoms with Gasteiger partial charge >= 0.3 is 0 Å². The van der Waals surface area contributed by atoms with E-state index in [-0.39, 0.29) is 12.0 Å². The fraction of sp³-hybridized carbons (Fsp3) is 0.458. The number of aryl methyl sites for hydroxylation is 2. The number of ether oxygens (including phenoxy) is 1. The van der Waals surface area contributed by atoms with Crippen molar-refractivity contribution >= 4 is 16.7 Å². The summed E-state index contributed by atoms with van der Waals surface area (Å²) in [6, 6.07) is 7.80. The first-order chi connectivity index (χ1) is 15.2. The van der Waals surface area contributed by atoms with E-state index in [1.807, 2.05) is 24.3 Å². The Hall–Kier alpha value is -2.93. The molecule has 0 spiro atoms. The smallest absolute Gasteiger partial charge is 0.223 e. The van der Waals surface area contributed by atoms with E-state index in [1.54, 1.807) is 17.3 Å². The molecular weight excluding hydrogens is 392 g/mol. The number of fused-ring (bicyclic) bond motifs is 2. The van der Waals surface area contributed by atoms with E-state index in [0.29, 0.717) is 38.1 Å². The van der Waals surface area contributed by atoms with E-state index in [4.69, 9.17) is 4.74 Å². The van der Waals surface area contributed by atoms with Crippen molar-refractivity contribution in [3.05, 3.63) is 53.6 Å². The molecule has 0 bridgehead atoms. The molecule has 2 N–H and O–H groups in total. The number of aromatic amines is 1. The molecule has 0 saturated carbocycles. The summed E-state index contributed by atoms with van der Waals surface area (Å²) in [4.78, 5) is 18.7. The van der Waals surface area contributed by atoms with Crippen molar-refractivity contribution in [1.82, 2.24) is 20.1 Å². The number of aromatic nitrogens is 3. The lowest BCUT2D eigenvalue weighted by Crippen LogP contribution is -2.51. The monoisotopic (exact) mass is 420 g/mol. The van der Waals surface area contributed by atoms with Crippen molar-refractivity contribution in [3.63, 3.8) is 0 Å². The number of carbonyl (C=O) groups excluding carboxylic acids is 1. The van der Waals surface area contributed by atoms with Gasteiger partial charge < -0.3 is 14.7 Å². The van der Waals surface area contributed by atoms with Crippen LogP contribution in [0.2, 0.25) is 0 Å². The van der Waals surface area contributed by atoms with Gasteiger partial charge in [0.1, 0.15) is 18.0 Å². The minimum atomic E-state index is -0.708. The Morgan fingerprint density at radius 1 is 1.23 bits per heavy atom. The molecule has 1 aliphatic heterocycles. The van der Waals surface area contributed by atoms with Gasteiger partial charge in [-0.1, -0.05) is 6.07 Å². The number of rotatable bonds is 5. The SMILES string of the molecule is O=C(CCc1n[nH]c2c1CCCC2)N1CC[C@@H](Oc2ccc3ccncc3c2)[C@H](O)C1. The topological polar surface area (TPSA) is 91.3 Å². The van der Waals surface area contributed by atoms with Crippen molar-refractivity contribution in [1.29, 1.82) is 0 Å². The average molecular weight is 421 g/mol. The second kappa shape index (κ2) is 8.67. The zero-order valence-electron chi connectivity index (χ0n) is 17.6. The summed E-state index contributed by atoms with van der Waals surface area (Å²) in [5, 5.41) is 20.3. The Bertz CT molecular complexity index is 1080. The van der Waals surface area contributed by atoms with Crippen LogP contribution >= 0.6 is 0 Å². The Balaban J connectivity index is 1.15. The van der Waals surface area contributed by atoms with Crippen molar-refractivity contribution in [2.75, 3.05) is 13.1 Å². The number of carbonyl (C=O) groups is 1. The van der Waals surface area contributed by atoms with E-state index < -0.39 is 6.10 Å². The predicted octanol–water partition coefficient (Wildman–Crippen LogP) is 2.81. The number of piperidine rings is 1. The molecule has 2 aromatic heterocycles. The second-order valence-corrected chi connectivity index (χ2v) is 8.57. The van der Waals surface area contributed by atoms with Crippen molar-refractivity contribution in [2.24, 2.45) is 0 Å². The number of hydrogen-bond donors (Lipinski definition) is 2. The minimum absolute atomic E-state index is 0.0711. The van der Waals surface area contributed by atoms with Crippen LogP contribution in [-0.2, 0) is 24.1 Å². The largest absolute Gasteiger partial charge is 0.488 e. The second-order valence-electron chi connectivity index (χ2n) is 8.57. The van der Waals surface area contributed by atoms with Crippen LogP contribution in [0.5, 0.6) is 5.75 Å².